The Hall–Kier alpha value is -2.21. The lowest BCUT2D eigenvalue weighted by atomic mass is 10.0. The number of aryl methyl sites for hydroxylation is 1. The average molecular weight is 326 g/mol. The number of benzene rings is 2. The molecule has 0 fully saturated rings. The van der Waals surface area contributed by atoms with E-state index in [0.29, 0.717) is 6.54 Å². The van der Waals surface area contributed by atoms with E-state index in [1.165, 1.54) is 12.1 Å². The SMILES string of the molecule is Cc1c2n(c3c(-c4ccc(CO)cc4)cc(F)cc13)CCNC2O. The molecule has 5 heteroatoms. The van der Waals surface area contributed by atoms with Crippen LogP contribution in [0.4, 0.5) is 4.39 Å². The largest absolute Gasteiger partial charge is 0.392 e. The lowest BCUT2D eigenvalue weighted by molar-refractivity contribution is 0.116. The molecule has 1 aliphatic rings. The normalized spacial score (nSPS) is 17.2. The molecule has 3 aromatic rings. The van der Waals surface area contributed by atoms with Crippen molar-refractivity contribution in [3.05, 3.63) is 59.0 Å². The van der Waals surface area contributed by atoms with Crippen LogP contribution in [0.1, 0.15) is 23.0 Å². The molecule has 0 bridgehead atoms. The molecule has 0 aliphatic carbocycles. The minimum absolute atomic E-state index is 0.0175. The highest BCUT2D eigenvalue weighted by Crippen LogP contribution is 2.37. The molecule has 1 aromatic heterocycles. The van der Waals surface area contributed by atoms with E-state index < -0.39 is 6.23 Å². The van der Waals surface area contributed by atoms with Crippen molar-refractivity contribution in [3.8, 4) is 11.1 Å². The van der Waals surface area contributed by atoms with Gasteiger partial charge in [-0.25, -0.2) is 4.39 Å². The maximum atomic E-state index is 14.2. The van der Waals surface area contributed by atoms with Gasteiger partial charge in [-0.05, 0) is 35.7 Å². The Morgan fingerprint density at radius 3 is 2.71 bits per heavy atom. The molecule has 24 heavy (non-hydrogen) atoms. The number of nitrogens with zero attached hydrogens (tertiary/aromatic N) is 1. The maximum Gasteiger partial charge on any atom is 0.146 e. The third kappa shape index (κ3) is 2.24. The lowest BCUT2D eigenvalue weighted by Gasteiger charge is -2.24. The Labute approximate surface area is 139 Å². The van der Waals surface area contributed by atoms with Crippen LogP contribution in [0.2, 0.25) is 0 Å². The molecule has 2 aromatic carbocycles. The van der Waals surface area contributed by atoms with Crippen molar-refractivity contribution in [1.29, 1.82) is 0 Å². The zero-order valence-corrected chi connectivity index (χ0v) is 13.4. The first-order valence-electron chi connectivity index (χ1n) is 8.04. The second-order valence-corrected chi connectivity index (χ2v) is 6.22. The molecule has 3 N–H and O–H groups in total. The summed E-state index contributed by atoms with van der Waals surface area (Å²) in [7, 11) is 0. The third-order valence-corrected chi connectivity index (χ3v) is 4.80. The molecule has 4 rings (SSSR count). The molecular weight excluding hydrogens is 307 g/mol. The van der Waals surface area contributed by atoms with E-state index in [1.807, 2.05) is 31.2 Å². The van der Waals surface area contributed by atoms with E-state index in [2.05, 4.69) is 9.88 Å². The number of rotatable bonds is 2. The molecule has 1 atom stereocenters. The van der Waals surface area contributed by atoms with Gasteiger partial charge in [0.2, 0.25) is 0 Å². The summed E-state index contributed by atoms with van der Waals surface area (Å²) in [5.74, 6) is -0.294. The highest BCUT2D eigenvalue weighted by Gasteiger charge is 2.25. The Morgan fingerprint density at radius 1 is 1.25 bits per heavy atom. The van der Waals surface area contributed by atoms with Crippen molar-refractivity contribution in [1.82, 2.24) is 9.88 Å². The standard InChI is InChI=1S/C19H19FN2O2/c1-11-15-8-14(20)9-16(13-4-2-12(10-23)3-5-13)18(15)22-7-6-21-19(24)17(11)22/h2-5,8-9,19,21,23-24H,6-7,10H2,1H3. The van der Waals surface area contributed by atoms with Gasteiger partial charge in [0.1, 0.15) is 12.0 Å². The van der Waals surface area contributed by atoms with Crippen LogP contribution in [0.25, 0.3) is 22.0 Å². The monoisotopic (exact) mass is 326 g/mol. The van der Waals surface area contributed by atoms with Crippen LogP contribution >= 0.6 is 0 Å². The van der Waals surface area contributed by atoms with Gasteiger partial charge in [0.15, 0.2) is 0 Å². The van der Waals surface area contributed by atoms with Crippen LogP contribution in [0.3, 0.4) is 0 Å². The van der Waals surface area contributed by atoms with Crippen LogP contribution in [0.15, 0.2) is 36.4 Å². The van der Waals surface area contributed by atoms with Gasteiger partial charge in [0.05, 0.1) is 17.8 Å². The summed E-state index contributed by atoms with van der Waals surface area (Å²) in [6.07, 6.45) is -0.737. The highest BCUT2D eigenvalue weighted by atomic mass is 19.1. The van der Waals surface area contributed by atoms with Crippen LogP contribution in [-0.4, -0.2) is 21.3 Å². The number of fused-ring (bicyclic) bond motifs is 3. The van der Waals surface area contributed by atoms with Gasteiger partial charge in [0, 0.05) is 24.0 Å². The van der Waals surface area contributed by atoms with Crippen molar-refractivity contribution in [3.63, 3.8) is 0 Å². The average Bonchev–Trinajstić information content (AvgIpc) is 2.88. The molecule has 0 saturated carbocycles. The summed E-state index contributed by atoms with van der Waals surface area (Å²) in [6, 6.07) is 10.6. The smallest absolute Gasteiger partial charge is 0.146 e. The van der Waals surface area contributed by atoms with Gasteiger partial charge < -0.3 is 14.8 Å². The molecule has 124 valence electrons. The summed E-state index contributed by atoms with van der Waals surface area (Å²) in [5, 5.41) is 23.4. The van der Waals surface area contributed by atoms with Crippen molar-refractivity contribution < 1.29 is 14.6 Å². The number of hydrogen-bond donors (Lipinski definition) is 3. The van der Waals surface area contributed by atoms with Crippen molar-refractivity contribution in [2.24, 2.45) is 0 Å². The fourth-order valence-electron chi connectivity index (χ4n) is 3.64. The zero-order valence-electron chi connectivity index (χ0n) is 13.4. The summed E-state index contributed by atoms with van der Waals surface area (Å²) in [4.78, 5) is 0. The summed E-state index contributed by atoms with van der Waals surface area (Å²) in [6.45, 7) is 3.29. The van der Waals surface area contributed by atoms with E-state index in [-0.39, 0.29) is 12.4 Å². The fraction of sp³-hybridized carbons (Fsp3) is 0.263. The van der Waals surface area contributed by atoms with Crippen molar-refractivity contribution >= 4 is 10.9 Å². The first-order chi connectivity index (χ1) is 11.6. The predicted molar refractivity (Wildman–Crippen MR) is 91.0 cm³/mol. The second-order valence-electron chi connectivity index (χ2n) is 6.22. The summed E-state index contributed by atoms with van der Waals surface area (Å²) < 4.78 is 16.3. The van der Waals surface area contributed by atoms with Crippen LogP contribution in [-0.2, 0) is 13.2 Å². The molecule has 4 nitrogen and oxygen atoms in total. The van der Waals surface area contributed by atoms with Gasteiger partial charge in [-0.2, -0.15) is 0 Å². The van der Waals surface area contributed by atoms with Crippen LogP contribution in [0.5, 0.6) is 0 Å². The van der Waals surface area contributed by atoms with Gasteiger partial charge >= 0.3 is 0 Å². The number of aliphatic hydroxyl groups excluding tert-OH is 2. The van der Waals surface area contributed by atoms with E-state index >= 15 is 0 Å². The topological polar surface area (TPSA) is 57.4 Å². The number of halogens is 1. The first kappa shape index (κ1) is 15.3. The predicted octanol–water partition coefficient (Wildman–Crippen LogP) is 2.84. The highest BCUT2D eigenvalue weighted by molar-refractivity contribution is 5.97. The molecule has 1 unspecified atom stereocenters. The van der Waals surface area contributed by atoms with E-state index in [0.717, 1.165) is 45.4 Å². The van der Waals surface area contributed by atoms with E-state index in [9.17, 15) is 14.6 Å². The summed E-state index contributed by atoms with van der Waals surface area (Å²) >= 11 is 0. The fourth-order valence-corrected chi connectivity index (χ4v) is 3.64. The number of aliphatic hydroxyl groups is 2. The Morgan fingerprint density at radius 2 is 2.00 bits per heavy atom. The third-order valence-electron chi connectivity index (χ3n) is 4.80. The number of hydrogen-bond acceptors (Lipinski definition) is 3. The number of nitrogens with one attached hydrogen (secondary N) is 1. The Kier molecular flexibility index (Phi) is 3.64. The molecule has 1 aliphatic heterocycles. The number of aromatic nitrogens is 1. The molecule has 0 amide bonds. The molecule has 0 saturated heterocycles. The minimum Gasteiger partial charge on any atom is -0.392 e. The van der Waals surface area contributed by atoms with E-state index in [4.69, 9.17) is 0 Å². The van der Waals surface area contributed by atoms with E-state index in [1.54, 1.807) is 0 Å². The summed E-state index contributed by atoms with van der Waals surface area (Å²) in [5.41, 5.74) is 5.16. The maximum absolute atomic E-state index is 14.2. The van der Waals surface area contributed by atoms with Gasteiger partial charge in [0.25, 0.3) is 0 Å². The van der Waals surface area contributed by atoms with Gasteiger partial charge in [-0.1, -0.05) is 24.3 Å². The van der Waals surface area contributed by atoms with Gasteiger partial charge in [-0.15, -0.1) is 0 Å². The second kappa shape index (κ2) is 5.70. The molecular formula is C19H19FN2O2. The molecule has 0 spiro atoms. The van der Waals surface area contributed by atoms with Crippen LogP contribution < -0.4 is 5.32 Å². The first-order valence-corrected chi connectivity index (χ1v) is 8.04. The van der Waals surface area contributed by atoms with Crippen LogP contribution in [0, 0.1) is 12.7 Å². The zero-order chi connectivity index (χ0) is 16.8. The quantitative estimate of drug-likeness (QED) is 0.679. The van der Waals surface area contributed by atoms with Crippen molar-refractivity contribution in [2.75, 3.05) is 6.54 Å². The molecule has 0 radical (unpaired) electrons. The lowest BCUT2D eigenvalue weighted by Crippen LogP contribution is -2.33. The Balaban J connectivity index is 2.03. The minimum atomic E-state index is -0.737. The van der Waals surface area contributed by atoms with Crippen molar-refractivity contribution in [2.45, 2.75) is 26.3 Å². The van der Waals surface area contributed by atoms with Gasteiger partial charge in [-0.3, -0.25) is 5.32 Å². The Bertz CT molecular complexity index is 916. The molecule has 2 heterocycles.